The Labute approximate surface area is 415 Å². The van der Waals surface area contributed by atoms with E-state index in [9.17, 15) is 28.9 Å². The number of phosphoric ester groups is 1. The van der Waals surface area contributed by atoms with E-state index in [4.69, 9.17) is 23.3 Å². The van der Waals surface area contributed by atoms with E-state index in [1.54, 1.807) is 0 Å². The molecule has 0 spiro atoms. The Morgan fingerprint density at radius 1 is 0.426 bits per heavy atom. The molecule has 0 aromatic carbocycles. The van der Waals surface area contributed by atoms with Crippen molar-refractivity contribution >= 4 is 25.7 Å². The summed E-state index contributed by atoms with van der Waals surface area (Å²) in [5, 5.41) is 9.76. The molecular weight excluding hydrogens is 880 g/mol. The lowest BCUT2D eigenvalue weighted by atomic mass is 10.1. The molecule has 11 nitrogen and oxygen atoms in total. The lowest BCUT2D eigenvalue weighted by Crippen LogP contribution is -2.30. The van der Waals surface area contributed by atoms with Crippen molar-refractivity contribution in [3.63, 3.8) is 0 Å². The van der Waals surface area contributed by atoms with Crippen LogP contribution in [0.25, 0.3) is 0 Å². The van der Waals surface area contributed by atoms with Crippen LogP contribution < -0.4 is 0 Å². The van der Waals surface area contributed by atoms with Gasteiger partial charge in [-0.25, -0.2) is 4.57 Å². The van der Waals surface area contributed by atoms with Crippen molar-refractivity contribution in [2.75, 3.05) is 26.4 Å². The zero-order chi connectivity index (χ0) is 49.9. The maximum atomic E-state index is 12.9. The largest absolute Gasteiger partial charge is 0.472 e. The van der Waals surface area contributed by atoms with E-state index in [1.165, 1.54) is 116 Å². The fraction of sp³-hybridized carbons (Fsp3) is 0.768. The number of hydrogen-bond donors (Lipinski definition) is 2. The average molecular weight is 979 g/mol. The van der Waals surface area contributed by atoms with Gasteiger partial charge < -0.3 is 24.2 Å². The fourth-order valence-electron chi connectivity index (χ4n) is 7.31. The average Bonchev–Trinajstić information content (AvgIpc) is 3.32. The monoisotopic (exact) mass is 979 g/mol. The van der Waals surface area contributed by atoms with E-state index in [0.717, 1.165) is 64.2 Å². The van der Waals surface area contributed by atoms with Crippen LogP contribution in [0.3, 0.4) is 0 Å². The minimum Gasteiger partial charge on any atom is -0.462 e. The van der Waals surface area contributed by atoms with Gasteiger partial charge in [0.1, 0.15) is 12.7 Å². The van der Waals surface area contributed by atoms with Crippen LogP contribution in [0, 0.1) is 0 Å². The summed E-state index contributed by atoms with van der Waals surface area (Å²) in [5.41, 5.74) is 0. The third kappa shape index (κ3) is 48.2. The molecule has 0 rings (SSSR count). The van der Waals surface area contributed by atoms with Gasteiger partial charge in [0, 0.05) is 19.3 Å². The van der Waals surface area contributed by atoms with Crippen molar-refractivity contribution in [2.24, 2.45) is 0 Å². The smallest absolute Gasteiger partial charge is 0.462 e. The van der Waals surface area contributed by atoms with Crippen LogP contribution in [0.4, 0.5) is 0 Å². The van der Waals surface area contributed by atoms with Crippen LogP contribution in [0.15, 0.2) is 60.8 Å². The Hall–Kier alpha value is -2.82. The first-order valence-corrected chi connectivity index (χ1v) is 28.7. The van der Waals surface area contributed by atoms with Crippen molar-refractivity contribution < 1.29 is 52.2 Å². The molecule has 0 aliphatic heterocycles. The van der Waals surface area contributed by atoms with Crippen molar-refractivity contribution in [2.45, 2.75) is 251 Å². The molecule has 0 bridgehead atoms. The lowest BCUT2D eigenvalue weighted by molar-refractivity contribution is -0.161. The molecule has 394 valence electrons. The summed E-state index contributed by atoms with van der Waals surface area (Å²) in [6, 6.07) is 0. The predicted octanol–water partition coefficient (Wildman–Crippen LogP) is 15.6. The van der Waals surface area contributed by atoms with Gasteiger partial charge in [-0.1, -0.05) is 210 Å². The van der Waals surface area contributed by atoms with Gasteiger partial charge in [0.15, 0.2) is 6.10 Å². The molecule has 0 radical (unpaired) electrons. The van der Waals surface area contributed by atoms with Gasteiger partial charge in [0.05, 0.1) is 19.8 Å². The van der Waals surface area contributed by atoms with E-state index >= 15 is 0 Å². The summed E-state index contributed by atoms with van der Waals surface area (Å²) in [5.74, 6) is -1.55. The quantitative estimate of drug-likeness (QED) is 0.0197. The highest BCUT2D eigenvalue weighted by Crippen LogP contribution is 2.43. The maximum Gasteiger partial charge on any atom is 0.472 e. The molecule has 0 aliphatic carbocycles. The van der Waals surface area contributed by atoms with Gasteiger partial charge in [-0.2, -0.15) is 0 Å². The van der Waals surface area contributed by atoms with Crippen molar-refractivity contribution in [1.29, 1.82) is 0 Å². The van der Waals surface area contributed by atoms with Crippen molar-refractivity contribution in [3.8, 4) is 0 Å². The number of allylic oxidation sites excluding steroid dienone is 10. The number of carbonyl (C=O) groups is 3. The van der Waals surface area contributed by atoms with Crippen molar-refractivity contribution in [1.82, 2.24) is 0 Å². The first kappa shape index (κ1) is 65.2. The van der Waals surface area contributed by atoms with Crippen LogP contribution in [0.1, 0.15) is 239 Å². The van der Waals surface area contributed by atoms with Gasteiger partial charge in [-0.05, 0) is 70.6 Å². The fourth-order valence-corrected chi connectivity index (χ4v) is 8.09. The summed E-state index contributed by atoms with van der Waals surface area (Å²) < 4.78 is 39.3. The second-order valence-electron chi connectivity index (χ2n) is 18.0. The molecule has 0 saturated carbocycles. The Morgan fingerprint density at radius 3 is 1.26 bits per heavy atom. The summed E-state index contributed by atoms with van der Waals surface area (Å²) in [6.07, 6.45) is 53.6. The van der Waals surface area contributed by atoms with Crippen LogP contribution in [-0.4, -0.2) is 66.5 Å². The molecule has 0 saturated heterocycles. The number of aliphatic hydroxyl groups is 1. The normalized spacial score (nSPS) is 13.9. The number of ether oxygens (including phenoxy) is 3. The number of rotatable bonds is 50. The third-order valence-electron chi connectivity index (χ3n) is 11.4. The first-order valence-electron chi connectivity index (χ1n) is 27.2. The highest BCUT2D eigenvalue weighted by Gasteiger charge is 2.28. The Bertz CT molecular complexity index is 1370. The van der Waals surface area contributed by atoms with Crippen LogP contribution in [-0.2, 0) is 42.2 Å². The molecular formula is C56H99O11P. The number of carbonyl (C=O) groups excluding carboxylic acids is 3. The minimum atomic E-state index is -4.76. The summed E-state index contributed by atoms with van der Waals surface area (Å²) in [4.78, 5) is 48.2. The highest BCUT2D eigenvalue weighted by molar-refractivity contribution is 7.47. The zero-order valence-corrected chi connectivity index (χ0v) is 44.2. The number of aliphatic hydroxyl groups excluding tert-OH is 1. The van der Waals surface area contributed by atoms with E-state index in [-0.39, 0.29) is 25.9 Å². The number of esters is 3. The van der Waals surface area contributed by atoms with Crippen LogP contribution >= 0.6 is 7.82 Å². The SMILES string of the molecule is CC/C=C\C/C=C\C/C=C\C/C=C\CCC(=O)OC(CO)COP(=O)(O)OCC(COC(=O)CCCCCCCCCCC)OC(=O)CCCCCCCCCCC/C=C\CCCCCCCC. The van der Waals surface area contributed by atoms with E-state index < -0.39 is 57.8 Å². The third-order valence-corrected chi connectivity index (χ3v) is 12.4. The maximum absolute atomic E-state index is 12.9. The second-order valence-corrected chi connectivity index (χ2v) is 19.5. The molecule has 3 atom stereocenters. The van der Waals surface area contributed by atoms with E-state index in [0.29, 0.717) is 19.3 Å². The topological polar surface area (TPSA) is 155 Å². The molecule has 0 heterocycles. The second kappa shape index (κ2) is 50.6. The molecule has 68 heavy (non-hydrogen) atoms. The zero-order valence-electron chi connectivity index (χ0n) is 43.3. The Morgan fingerprint density at radius 2 is 0.794 bits per heavy atom. The van der Waals surface area contributed by atoms with Gasteiger partial charge in [-0.3, -0.25) is 23.4 Å². The van der Waals surface area contributed by atoms with Crippen molar-refractivity contribution in [3.05, 3.63) is 60.8 Å². The number of phosphoric acid groups is 1. The highest BCUT2D eigenvalue weighted by atomic mass is 31.2. The molecule has 0 aliphatic rings. The van der Waals surface area contributed by atoms with Gasteiger partial charge in [0.2, 0.25) is 0 Å². The minimum absolute atomic E-state index is 0.0563. The molecule has 2 N–H and O–H groups in total. The summed E-state index contributed by atoms with van der Waals surface area (Å²) in [7, 11) is -4.76. The predicted molar refractivity (Wildman–Crippen MR) is 279 cm³/mol. The Kier molecular flexibility index (Phi) is 48.5. The summed E-state index contributed by atoms with van der Waals surface area (Å²) in [6.45, 7) is 4.42. The van der Waals surface area contributed by atoms with Gasteiger partial charge >= 0.3 is 25.7 Å². The van der Waals surface area contributed by atoms with E-state index in [2.05, 4.69) is 69.4 Å². The van der Waals surface area contributed by atoms with Crippen LogP contribution in [0.5, 0.6) is 0 Å². The molecule has 0 fully saturated rings. The van der Waals surface area contributed by atoms with Gasteiger partial charge in [-0.15, -0.1) is 0 Å². The molecule has 3 unspecified atom stereocenters. The number of unbranched alkanes of at least 4 members (excludes halogenated alkanes) is 23. The molecule has 0 aromatic rings. The van der Waals surface area contributed by atoms with Gasteiger partial charge in [0.25, 0.3) is 0 Å². The summed E-state index contributed by atoms with van der Waals surface area (Å²) >= 11 is 0. The molecule has 12 heteroatoms. The Balaban J connectivity index is 4.70. The first-order chi connectivity index (χ1) is 33.2. The molecule has 0 aromatic heterocycles. The molecule has 0 amide bonds. The van der Waals surface area contributed by atoms with Crippen LogP contribution in [0.2, 0.25) is 0 Å². The van der Waals surface area contributed by atoms with E-state index in [1.807, 2.05) is 12.2 Å². The lowest BCUT2D eigenvalue weighted by Gasteiger charge is -2.21. The standard InChI is InChI=1S/C56H99O11P/c1-4-7-10-13-16-19-21-23-24-25-26-27-28-30-32-35-38-41-44-47-56(60)67-53(49-63-54(58)45-42-39-36-33-18-15-12-9-6-3)51-65-68(61,62)64-50-52(48-57)66-55(59)46-43-40-37-34-31-29-22-20-17-14-11-8-5-2/h8,11,17,20,23-24,29,31,37,40,52-53,57H,4-7,9-10,12-16,18-19,21-22,25-28,30,32-36,38-39,41-51H2,1-3H3,(H,61,62)/b11-8-,20-17-,24-23-,31-29-,40-37-. The number of hydrogen-bond acceptors (Lipinski definition) is 10.